The van der Waals surface area contributed by atoms with Crippen LogP contribution in [0.1, 0.15) is 15.9 Å². The third kappa shape index (κ3) is 7.47. The highest BCUT2D eigenvalue weighted by Gasteiger charge is 2.17. The van der Waals surface area contributed by atoms with E-state index in [1.807, 2.05) is 0 Å². The second kappa shape index (κ2) is 12.8. The van der Waals surface area contributed by atoms with Gasteiger partial charge in [-0.1, -0.05) is 44.0 Å². The van der Waals surface area contributed by atoms with Crippen molar-refractivity contribution in [2.45, 2.75) is 0 Å². The number of ether oxygens (including phenoxy) is 2. The van der Waals surface area contributed by atoms with E-state index in [-0.39, 0.29) is 12.4 Å². The first kappa shape index (κ1) is 27.5. The number of halogens is 6. The predicted octanol–water partition coefficient (Wildman–Crippen LogP) is 8.01. The SMILES string of the molecule is O=C(COc1c(Br)cc(Br)cc1Br)NN=Cc1cc(Br)cc(Br)c1OC(=O)c1ccccc1Br. The maximum Gasteiger partial charge on any atom is 0.344 e. The summed E-state index contributed by atoms with van der Waals surface area (Å²) in [6.45, 7) is -0.262. The van der Waals surface area contributed by atoms with E-state index < -0.39 is 11.9 Å². The van der Waals surface area contributed by atoms with Crippen molar-refractivity contribution in [2.75, 3.05) is 6.61 Å². The average Bonchev–Trinajstić information content (AvgIpc) is 2.75. The maximum absolute atomic E-state index is 12.7. The number of hydrogen-bond acceptors (Lipinski definition) is 5. The third-order valence-corrected chi connectivity index (χ3v) is 7.40. The molecule has 34 heavy (non-hydrogen) atoms. The Kier molecular flexibility index (Phi) is 10.3. The van der Waals surface area contributed by atoms with Crippen LogP contribution in [0.4, 0.5) is 0 Å². The van der Waals surface area contributed by atoms with E-state index in [9.17, 15) is 9.59 Å². The molecule has 0 heterocycles. The van der Waals surface area contributed by atoms with Crippen LogP contribution in [-0.2, 0) is 4.79 Å². The summed E-state index contributed by atoms with van der Waals surface area (Å²) in [5.41, 5.74) is 3.23. The van der Waals surface area contributed by atoms with Crippen LogP contribution < -0.4 is 14.9 Å². The normalized spacial score (nSPS) is 10.9. The van der Waals surface area contributed by atoms with Crippen molar-refractivity contribution in [3.8, 4) is 11.5 Å². The number of rotatable bonds is 7. The van der Waals surface area contributed by atoms with Crippen LogP contribution in [0.25, 0.3) is 0 Å². The van der Waals surface area contributed by atoms with Crippen LogP contribution in [0.2, 0.25) is 0 Å². The first-order valence-electron chi connectivity index (χ1n) is 9.20. The smallest absolute Gasteiger partial charge is 0.344 e. The molecule has 1 amide bonds. The zero-order valence-electron chi connectivity index (χ0n) is 16.8. The largest absolute Gasteiger partial charge is 0.481 e. The molecule has 0 aliphatic carbocycles. The summed E-state index contributed by atoms with van der Waals surface area (Å²) in [5, 5.41) is 3.98. The number of nitrogens with one attached hydrogen (secondary N) is 1. The standard InChI is InChI=1S/C22H12Br6N2O4/c23-12-5-11(20(16(26)6-12)34-22(32)14-3-1-2-4-15(14)25)9-29-30-19(31)10-33-21-17(27)7-13(24)8-18(21)28/h1-9H,10H2,(H,30,31). The number of carbonyl (C=O) groups is 2. The molecule has 0 aromatic heterocycles. The van der Waals surface area contributed by atoms with Crippen molar-refractivity contribution in [3.63, 3.8) is 0 Å². The van der Waals surface area contributed by atoms with Crippen molar-refractivity contribution < 1.29 is 19.1 Å². The van der Waals surface area contributed by atoms with Gasteiger partial charge in [0.1, 0.15) is 5.75 Å². The van der Waals surface area contributed by atoms with Crippen LogP contribution in [-0.4, -0.2) is 24.7 Å². The lowest BCUT2D eigenvalue weighted by Gasteiger charge is -2.11. The highest BCUT2D eigenvalue weighted by atomic mass is 79.9. The molecule has 3 rings (SSSR count). The van der Waals surface area contributed by atoms with Gasteiger partial charge in [-0.2, -0.15) is 5.10 Å². The van der Waals surface area contributed by atoms with Gasteiger partial charge >= 0.3 is 5.97 Å². The van der Waals surface area contributed by atoms with Crippen LogP contribution >= 0.6 is 95.6 Å². The summed E-state index contributed by atoms with van der Waals surface area (Å²) >= 11 is 20.3. The average molecular weight is 848 g/mol. The monoisotopic (exact) mass is 842 g/mol. The molecular formula is C22H12Br6N2O4. The molecule has 0 radical (unpaired) electrons. The van der Waals surface area contributed by atoms with E-state index >= 15 is 0 Å². The Bertz CT molecular complexity index is 1260. The van der Waals surface area contributed by atoms with Gasteiger partial charge in [0.2, 0.25) is 0 Å². The third-order valence-electron chi connectivity index (χ3n) is 4.03. The van der Waals surface area contributed by atoms with E-state index in [2.05, 4.69) is 106 Å². The fourth-order valence-electron chi connectivity index (χ4n) is 2.57. The van der Waals surface area contributed by atoms with Gasteiger partial charge in [0.15, 0.2) is 12.4 Å². The van der Waals surface area contributed by atoms with Crippen LogP contribution in [0.3, 0.4) is 0 Å². The summed E-state index contributed by atoms with van der Waals surface area (Å²) < 4.78 is 15.3. The molecule has 0 saturated heterocycles. The molecule has 0 saturated carbocycles. The molecule has 3 aromatic carbocycles. The number of esters is 1. The highest BCUT2D eigenvalue weighted by molar-refractivity contribution is 9.12. The fourth-order valence-corrected chi connectivity index (χ4v) is 6.84. The zero-order chi connectivity index (χ0) is 24.8. The van der Waals surface area contributed by atoms with Gasteiger partial charge in [-0.05, 0) is 100 Å². The van der Waals surface area contributed by atoms with Crippen molar-refractivity contribution in [1.29, 1.82) is 0 Å². The van der Waals surface area contributed by atoms with Crippen molar-refractivity contribution in [3.05, 3.63) is 86.5 Å². The Morgan fingerprint density at radius 2 is 1.41 bits per heavy atom. The summed E-state index contributed by atoms with van der Waals surface area (Å²) in [6, 6.07) is 14.0. The molecule has 0 unspecified atom stereocenters. The first-order chi connectivity index (χ1) is 16.2. The molecule has 0 bridgehead atoms. The molecule has 0 aliphatic rings. The molecular weight excluding hydrogens is 836 g/mol. The Hall–Kier alpha value is -1.05. The molecule has 0 spiro atoms. The number of nitrogens with zero attached hydrogens (tertiary/aromatic N) is 1. The maximum atomic E-state index is 12.7. The second-order valence-electron chi connectivity index (χ2n) is 6.46. The van der Waals surface area contributed by atoms with Gasteiger partial charge in [0.05, 0.1) is 25.2 Å². The van der Waals surface area contributed by atoms with Crippen molar-refractivity contribution in [1.82, 2.24) is 5.43 Å². The van der Waals surface area contributed by atoms with Crippen molar-refractivity contribution in [2.24, 2.45) is 5.10 Å². The molecule has 0 aliphatic heterocycles. The molecule has 6 nitrogen and oxygen atoms in total. The van der Waals surface area contributed by atoms with Crippen LogP contribution in [0.15, 0.2) is 80.5 Å². The minimum atomic E-state index is -0.548. The molecule has 12 heteroatoms. The Morgan fingerprint density at radius 1 is 0.824 bits per heavy atom. The van der Waals surface area contributed by atoms with Crippen molar-refractivity contribution >= 4 is 114 Å². The quantitative estimate of drug-likeness (QED) is 0.113. The number of carbonyl (C=O) groups excluding carboxylic acids is 2. The second-order valence-corrected chi connectivity index (χ2v) is 11.7. The summed E-state index contributed by atoms with van der Waals surface area (Å²) in [7, 11) is 0. The zero-order valence-corrected chi connectivity index (χ0v) is 26.3. The van der Waals surface area contributed by atoms with E-state index in [0.717, 1.165) is 8.95 Å². The van der Waals surface area contributed by atoms with Gasteiger partial charge in [-0.3, -0.25) is 4.79 Å². The number of benzene rings is 3. The van der Waals surface area contributed by atoms with Gasteiger partial charge in [-0.15, -0.1) is 0 Å². The molecule has 0 atom stereocenters. The Balaban J connectivity index is 1.70. The summed E-state index contributed by atoms with van der Waals surface area (Å²) in [5.74, 6) is -0.285. The topological polar surface area (TPSA) is 77.0 Å². The molecule has 3 aromatic rings. The Morgan fingerprint density at radius 3 is 2.06 bits per heavy atom. The number of hydrazone groups is 1. The molecule has 0 fully saturated rings. The molecule has 176 valence electrons. The number of amides is 1. The minimum Gasteiger partial charge on any atom is -0.481 e. The fraction of sp³-hybridized carbons (Fsp3) is 0.0455. The van der Waals surface area contributed by atoms with Gasteiger partial charge in [-0.25, -0.2) is 10.2 Å². The summed E-state index contributed by atoms with van der Waals surface area (Å²) in [4.78, 5) is 24.9. The van der Waals surface area contributed by atoms with Crippen LogP contribution in [0, 0.1) is 0 Å². The van der Waals surface area contributed by atoms with Crippen LogP contribution in [0.5, 0.6) is 11.5 Å². The van der Waals surface area contributed by atoms with E-state index in [1.54, 1.807) is 48.5 Å². The van der Waals surface area contributed by atoms with E-state index in [4.69, 9.17) is 9.47 Å². The highest BCUT2D eigenvalue weighted by Crippen LogP contribution is 2.36. The van der Waals surface area contributed by atoms with Gasteiger partial charge in [0, 0.05) is 19.0 Å². The number of hydrogen-bond donors (Lipinski definition) is 1. The lowest BCUT2D eigenvalue weighted by molar-refractivity contribution is -0.123. The lowest BCUT2D eigenvalue weighted by Crippen LogP contribution is -2.24. The van der Waals surface area contributed by atoms with Gasteiger partial charge in [0.25, 0.3) is 5.91 Å². The minimum absolute atomic E-state index is 0.251. The lowest BCUT2D eigenvalue weighted by atomic mass is 10.2. The summed E-state index contributed by atoms with van der Waals surface area (Å²) in [6.07, 6.45) is 1.38. The Labute approximate surface area is 245 Å². The van der Waals surface area contributed by atoms with E-state index in [0.29, 0.717) is 34.8 Å². The first-order valence-corrected chi connectivity index (χ1v) is 14.0. The van der Waals surface area contributed by atoms with E-state index in [1.165, 1.54) is 6.21 Å². The van der Waals surface area contributed by atoms with Gasteiger partial charge < -0.3 is 9.47 Å². The molecule has 1 N–H and O–H groups in total. The predicted molar refractivity (Wildman–Crippen MR) is 152 cm³/mol.